The molecule has 226 valence electrons. The largest absolute Gasteiger partial charge is 0.573 e. The first-order valence-corrected chi connectivity index (χ1v) is 13.1. The zero-order valence-electron chi connectivity index (χ0n) is 22.2. The number of nitrogens with two attached hydrogens (primary N) is 1. The number of ether oxygens (including phenoxy) is 1. The number of fused-ring (bicyclic) bond motifs is 1. The van der Waals surface area contributed by atoms with E-state index in [1.165, 1.54) is 24.4 Å². The fourth-order valence-corrected chi connectivity index (χ4v) is 5.17. The van der Waals surface area contributed by atoms with Crippen molar-refractivity contribution in [3.05, 3.63) is 66.0 Å². The standard InChI is InChI=1S/C28H29F5N4O5/c29-26(30)11-9-17(10-12-26)27(41,25(34)40)14-22(38)20(13-16-5-1-4-8-23(16)42-28(31,32)33)37-24(39)21-15-35-18-6-2-3-7-19(18)36-21/h1-8,15,17,20,22,38,41H,9-14H2,(H2,34,40)(H,37,39). The van der Waals surface area contributed by atoms with Gasteiger partial charge in [-0.3, -0.25) is 14.6 Å². The molecule has 2 amide bonds. The molecule has 4 rings (SSSR count). The third-order valence-electron chi connectivity index (χ3n) is 7.44. The first kappa shape index (κ1) is 31.0. The molecule has 5 N–H and O–H groups in total. The molecule has 42 heavy (non-hydrogen) atoms. The van der Waals surface area contributed by atoms with E-state index in [1.54, 1.807) is 24.3 Å². The Morgan fingerprint density at radius 3 is 2.33 bits per heavy atom. The lowest BCUT2D eigenvalue weighted by atomic mass is 9.72. The number of aliphatic hydroxyl groups is 2. The topological polar surface area (TPSA) is 148 Å². The van der Waals surface area contributed by atoms with Crippen LogP contribution in [0.25, 0.3) is 11.0 Å². The number of alkyl halides is 5. The van der Waals surface area contributed by atoms with E-state index in [0.717, 1.165) is 6.07 Å². The predicted octanol–water partition coefficient (Wildman–Crippen LogP) is 3.66. The average molecular weight is 597 g/mol. The van der Waals surface area contributed by atoms with Crippen molar-refractivity contribution in [1.29, 1.82) is 0 Å². The molecule has 0 bridgehead atoms. The van der Waals surface area contributed by atoms with Crippen molar-refractivity contribution >= 4 is 22.8 Å². The van der Waals surface area contributed by atoms with Crippen molar-refractivity contribution in [2.45, 2.75) is 68.6 Å². The van der Waals surface area contributed by atoms with Gasteiger partial charge in [-0.15, -0.1) is 13.2 Å². The Balaban J connectivity index is 1.64. The van der Waals surface area contributed by atoms with E-state index in [9.17, 15) is 41.8 Å². The van der Waals surface area contributed by atoms with Gasteiger partial charge in [-0.2, -0.15) is 0 Å². The molecule has 0 radical (unpaired) electrons. The summed E-state index contributed by atoms with van der Waals surface area (Å²) in [7, 11) is 0. The van der Waals surface area contributed by atoms with Gasteiger partial charge in [-0.25, -0.2) is 13.8 Å². The number of para-hydroxylation sites is 3. The second-order valence-electron chi connectivity index (χ2n) is 10.4. The number of nitrogens with zero attached hydrogens (tertiary/aromatic N) is 2. The van der Waals surface area contributed by atoms with Gasteiger partial charge in [-0.1, -0.05) is 30.3 Å². The van der Waals surface area contributed by atoms with E-state index in [2.05, 4.69) is 20.0 Å². The summed E-state index contributed by atoms with van der Waals surface area (Å²) < 4.78 is 70.8. The molecule has 1 aliphatic carbocycles. The van der Waals surface area contributed by atoms with Gasteiger partial charge in [-0.05, 0) is 48.9 Å². The first-order chi connectivity index (χ1) is 19.7. The van der Waals surface area contributed by atoms with Gasteiger partial charge in [0.25, 0.3) is 5.91 Å². The minimum atomic E-state index is -5.04. The number of benzene rings is 2. The van der Waals surface area contributed by atoms with Gasteiger partial charge in [0.05, 0.1) is 29.4 Å². The van der Waals surface area contributed by atoms with Gasteiger partial charge in [0, 0.05) is 19.3 Å². The molecular formula is C28H29F5N4O5. The van der Waals surface area contributed by atoms with Crippen LogP contribution in [0.3, 0.4) is 0 Å². The summed E-state index contributed by atoms with van der Waals surface area (Å²) in [5.74, 6) is -6.71. The summed E-state index contributed by atoms with van der Waals surface area (Å²) in [6.07, 6.45) is -8.60. The number of aromatic nitrogens is 2. The number of aliphatic hydroxyl groups excluding tert-OH is 1. The lowest BCUT2D eigenvalue weighted by Crippen LogP contribution is -2.56. The molecule has 0 aliphatic heterocycles. The number of hydrogen-bond acceptors (Lipinski definition) is 7. The second kappa shape index (κ2) is 12.1. The second-order valence-corrected chi connectivity index (χ2v) is 10.4. The van der Waals surface area contributed by atoms with E-state index >= 15 is 0 Å². The molecule has 2 aromatic carbocycles. The molecule has 9 nitrogen and oxygen atoms in total. The highest BCUT2D eigenvalue weighted by Gasteiger charge is 2.49. The van der Waals surface area contributed by atoms with Crippen LogP contribution < -0.4 is 15.8 Å². The Hall–Kier alpha value is -3.91. The maximum Gasteiger partial charge on any atom is 0.573 e. The van der Waals surface area contributed by atoms with Crippen LogP contribution >= 0.6 is 0 Å². The Morgan fingerprint density at radius 1 is 1.07 bits per heavy atom. The van der Waals surface area contributed by atoms with Crippen molar-refractivity contribution in [3.8, 4) is 5.75 Å². The summed E-state index contributed by atoms with van der Waals surface area (Å²) in [6.45, 7) is 0. The smallest absolute Gasteiger partial charge is 0.406 e. The number of halogens is 5. The van der Waals surface area contributed by atoms with Crippen LogP contribution in [-0.2, 0) is 11.2 Å². The Bertz CT molecular complexity index is 1430. The number of nitrogens with one attached hydrogen (secondary N) is 1. The molecule has 0 spiro atoms. The van der Waals surface area contributed by atoms with E-state index in [0.29, 0.717) is 11.0 Å². The summed E-state index contributed by atoms with van der Waals surface area (Å²) in [5, 5.41) is 25.0. The number of carbonyl (C=O) groups is 2. The minimum absolute atomic E-state index is 0.0660. The van der Waals surface area contributed by atoms with Crippen LogP contribution in [0.15, 0.2) is 54.7 Å². The van der Waals surface area contributed by atoms with Crippen LogP contribution in [0.4, 0.5) is 22.0 Å². The quantitative estimate of drug-likeness (QED) is 0.261. The fraction of sp³-hybridized carbons (Fsp3) is 0.429. The van der Waals surface area contributed by atoms with Gasteiger partial charge in [0.15, 0.2) is 0 Å². The van der Waals surface area contributed by atoms with E-state index in [-0.39, 0.29) is 24.1 Å². The van der Waals surface area contributed by atoms with Crippen molar-refractivity contribution in [3.63, 3.8) is 0 Å². The summed E-state index contributed by atoms with van der Waals surface area (Å²) in [6, 6.07) is 10.3. The molecular weight excluding hydrogens is 567 g/mol. The van der Waals surface area contributed by atoms with Gasteiger partial charge >= 0.3 is 6.36 Å². The van der Waals surface area contributed by atoms with Crippen molar-refractivity contribution in [2.24, 2.45) is 11.7 Å². The zero-order chi connectivity index (χ0) is 30.7. The molecule has 1 aliphatic rings. The lowest BCUT2D eigenvalue weighted by Gasteiger charge is -2.40. The molecule has 1 aromatic heterocycles. The third kappa shape index (κ3) is 7.48. The van der Waals surface area contributed by atoms with Crippen LogP contribution in [0, 0.1) is 5.92 Å². The van der Waals surface area contributed by atoms with Crippen molar-refractivity contribution in [1.82, 2.24) is 15.3 Å². The average Bonchev–Trinajstić information content (AvgIpc) is 2.92. The lowest BCUT2D eigenvalue weighted by molar-refractivity contribution is -0.274. The first-order valence-electron chi connectivity index (χ1n) is 13.1. The molecule has 3 unspecified atom stereocenters. The Morgan fingerprint density at radius 2 is 1.69 bits per heavy atom. The van der Waals surface area contributed by atoms with Crippen LogP contribution in [-0.4, -0.2) is 62.0 Å². The van der Waals surface area contributed by atoms with Gasteiger partial charge < -0.3 is 26.0 Å². The maximum atomic E-state index is 13.8. The molecule has 3 aromatic rings. The molecule has 1 heterocycles. The van der Waals surface area contributed by atoms with Crippen molar-refractivity contribution < 1.29 is 46.5 Å². The van der Waals surface area contributed by atoms with E-state index in [1.807, 2.05) is 0 Å². The van der Waals surface area contributed by atoms with Crippen LogP contribution in [0.1, 0.15) is 48.2 Å². The Labute approximate surface area is 236 Å². The molecule has 3 atom stereocenters. The summed E-state index contributed by atoms with van der Waals surface area (Å²) >= 11 is 0. The van der Waals surface area contributed by atoms with Crippen LogP contribution in [0.5, 0.6) is 5.75 Å². The number of rotatable bonds is 10. The Kier molecular flexibility index (Phi) is 8.97. The highest BCUT2D eigenvalue weighted by molar-refractivity contribution is 5.94. The normalized spacial score (nSPS) is 18.5. The highest BCUT2D eigenvalue weighted by atomic mass is 19.4. The minimum Gasteiger partial charge on any atom is -0.406 e. The van der Waals surface area contributed by atoms with Crippen LogP contribution in [0.2, 0.25) is 0 Å². The van der Waals surface area contributed by atoms with E-state index in [4.69, 9.17) is 5.73 Å². The molecule has 1 fully saturated rings. The third-order valence-corrected chi connectivity index (χ3v) is 7.44. The van der Waals surface area contributed by atoms with E-state index < -0.39 is 79.2 Å². The predicted molar refractivity (Wildman–Crippen MR) is 139 cm³/mol. The maximum absolute atomic E-state index is 13.8. The number of carbonyl (C=O) groups excluding carboxylic acids is 2. The monoisotopic (exact) mass is 596 g/mol. The van der Waals surface area contributed by atoms with Gasteiger partial charge in [0.2, 0.25) is 11.8 Å². The van der Waals surface area contributed by atoms with Crippen molar-refractivity contribution in [2.75, 3.05) is 0 Å². The number of amides is 2. The SMILES string of the molecule is NC(=O)C(O)(CC(O)C(Cc1ccccc1OC(F)(F)F)NC(=O)c1cnc2ccccc2n1)C1CCC(F)(F)CC1. The number of primary amides is 1. The molecule has 1 saturated carbocycles. The highest BCUT2D eigenvalue weighted by Crippen LogP contribution is 2.42. The zero-order valence-corrected chi connectivity index (χ0v) is 22.2. The van der Waals surface area contributed by atoms with Gasteiger partial charge in [0.1, 0.15) is 17.0 Å². The molecule has 14 heteroatoms. The number of hydrogen-bond donors (Lipinski definition) is 4. The summed E-state index contributed by atoms with van der Waals surface area (Å²) in [4.78, 5) is 34.0. The summed E-state index contributed by atoms with van der Waals surface area (Å²) in [5.41, 5.74) is 3.66. The molecule has 0 saturated heterocycles. The fourth-order valence-electron chi connectivity index (χ4n) is 5.17.